The van der Waals surface area contributed by atoms with Crippen molar-refractivity contribution in [3.8, 4) is 0 Å². The summed E-state index contributed by atoms with van der Waals surface area (Å²) < 4.78 is 0. The molecule has 2 nitrogen and oxygen atoms in total. The van der Waals surface area contributed by atoms with Gasteiger partial charge in [-0.15, -0.1) is 0 Å². The number of rotatable bonds is 5. The lowest BCUT2D eigenvalue weighted by atomic mass is 9.93. The number of hydrogen-bond donors (Lipinski definition) is 1. The third-order valence-electron chi connectivity index (χ3n) is 3.63. The number of nitrogens with zero attached hydrogens (tertiary/aromatic N) is 1. The molecule has 0 bridgehead atoms. The fraction of sp³-hybridized carbons (Fsp3) is 1.00. The van der Waals surface area contributed by atoms with Gasteiger partial charge in [0, 0.05) is 24.7 Å². The van der Waals surface area contributed by atoms with E-state index in [1.165, 1.54) is 38.6 Å². The lowest BCUT2D eigenvalue weighted by Crippen LogP contribution is -2.44. The molecule has 2 fully saturated rings. The van der Waals surface area contributed by atoms with Crippen molar-refractivity contribution in [2.24, 2.45) is 0 Å². The van der Waals surface area contributed by atoms with E-state index in [9.17, 15) is 0 Å². The third kappa shape index (κ3) is 2.44. The Kier molecular flexibility index (Phi) is 2.89. The molecule has 0 radical (unpaired) electrons. The van der Waals surface area contributed by atoms with E-state index < -0.39 is 0 Å². The highest BCUT2D eigenvalue weighted by Crippen LogP contribution is 2.27. The van der Waals surface area contributed by atoms with E-state index >= 15 is 0 Å². The molecule has 2 aliphatic carbocycles. The van der Waals surface area contributed by atoms with E-state index in [2.05, 4.69) is 24.2 Å². The van der Waals surface area contributed by atoms with Crippen molar-refractivity contribution in [3.63, 3.8) is 0 Å². The van der Waals surface area contributed by atoms with Gasteiger partial charge in [0.15, 0.2) is 0 Å². The fourth-order valence-electron chi connectivity index (χ4n) is 1.94. The summed E-state index contributed by atoms with van der Waals surface area (Å²) in [5.41, 5.74) is 0. The molecule has 0 aromatic heterocycles. The van der Waals surface area contributed by atoms with Crippen LogP contribution in [0.4, 0.5) is 0 Å². The summed E-state index contributed by atoms with van der Waals surface area (Å²) in [6.07, 6.45) is 7.08. The second-order valence-corrected chi connectivity index (χ2v) is 4.78. The molecule has 2 heteroatoms. The van der Waals surface area contributed by atoms with Gasteiger partial charge in [-0.25, -0.2) is 0 Å². The first-order valence-corrected chi connectivity index (χ1v) is 5.72. The van der Waals surface area contributed by atoms with Crippen LogP contribution in [-0.2, 0) is 0 Å². The molecule has 0 heterocycles. The van der Waals surface area contributed by atoms with E-state index in [0.29, 0.717) is 6.04 Å². The molecule has 0 amide bonds. The van der Waals surface area contributed by atoms with E-state index in [4.69, 9.17) is 0 Å². The van der Waals surface area contributed by atoms with Crippen molar-refractivity contribution in [1.82, 2.24) is 10.2 Å². The molecular weight excluding hydrogens is 160 g/mol. The lowest BCUT2D eigenvalue weighted by molar-refractivity contribution is 0.222. The molecule has 0 aliphatic heterocycles. The Morgan fingerprint density at radius 2 is 2.00 bits per heavy atom. The Labute approximate surface area is 81.7 Å². The van der Waals surface area contributed by atoms with Gasteiger partial charge in [0.25, 0.3) is 0 Å². The van der Waals surface area contributed by atoms with Crippen LogP contribution in [0.15, 0.2) is 0 Å². The van der Waals surface area contributed by atoms with Crippen LogP contribution in [0.1, 0.15) is 39.0 Å². The molecule has 2 aliphatic rings. The van der Waals surface area contributed by atoms with Crippen LogP contribution < -0.4 is 5.32 Å². The Morgan fingerprint density at radius 3 is 2.46 bits per heavy atom. The maximum atomic E-state index is 3.64. The average Bonchev–Trinajstić information content (AvgIpc) is 2.82. The van der Waals surface area contributed by atoms with Crippen LogP contribution in [0.2, 0.25) is 0 Å². The fourth-order valence-corrected chi connectivity index (χ4v) is 1.94. The first-order chi connectivity index (χ1) is 6.27. The zero-order valence-corrected chi connectivity index (χ0v) is 8.92. The minimum absolute atomic E-state index is 0.716. The van der Waals surface area contributed by atoms with Crippen molar-refractivity contribution < 1.29 is 0 Å². The monoisotopic (exact) mass is 182 g/mol. The number of nitrogens with one attached hydrogen (secondary N) is 1. The second kappa shape index (κ2) is 3.97. The van der Waals surface area contributed by atoms with Crippen molar-refractivity contribution in [3.05, 3.63) is 0 Å². The SMILES string of the molecule is CC(CNC1CCC1)N(C)C1CC1. The standard InChI is InChI=1S/C11H22N2/c1-9(13(2)11-6-7-11)8-12-10-4-3-5-10/h9-12H,3-8H2,1-2H3. The maximum absolute atomic E-state index is 3.64. The Morgan fingerprint density at radius 1 is 1.31 bits per heavy atom. The first kappa shape index (κ1) is 9.47. The van der Waals surface area contributed by atoms with Crippen LogP contribution in [0, 0.1) is 0 Å². The smallest absolute Gasteiger partial charge is 0.0192 e. The number of likely N-dealkylation sites (N-methyl/N-ethyl adjacent to an activating group) is 1. The molecule has 1 N–H and O–H groups in total. The highest BCUT2D eigenvalue weighted by molar-refractivity contribution is 4.87. The van der Waals surface area contributed by atoms with Gasteiger partial charge in [0.2, 0.25) is 0 Å². The molecule has 76 valence electrons. The summed E-state index contributed by atoms with van der Waals surface area (Å²) in [5, 5.41) is 3.64. The molecule has 0 aromatic rings. The molecule has 13 heavy (non-hydrogen) atoms. The van der Waals surface area contributed by atoms with E-state index in [-0.39, 0.29) is 0 Å². The van der Waals surface area contributed by atoms with Crippen LogP contribution in [0.25, 0.3) is 0 Å². The van der Waals surface area contributed by atoms with E-state index in [1.807, 2.05) is 0 Å². The van der Waals surface area contributed by atoms with Gasteiger partial charge in [-0.05, 0) is 39.7 Å². The minimum atomic E-state index is 0.716. The van der Waals surface area contributed by atoms with Crippen molar-refractivity contribution >= 4 is 0 Å². The van der Waals surface area contributed by atoms with Crippen molar-refractivity contribution in [2.75, 3.05) is 13.6 Å². The molecule has 2 rings (SSSR count). The van der Waals surface area contributed by atoms with Gasteiger partial charge in [-0.2, -0.15) is 0 Å². The predicted octanol–water partition coefficient (Wildman–Crippen LogP) is 1.61. The van der Waals surface area contributed by atoms with Gasteiger partial charge < -0.3 is 5.32 Å². The lowest BCUT2D eigenvalue weighted by Gasteiger charge is -2.31. The van der Waals surface area contributed by atoms with Gasteiger partial charge in [0.05, 0.1) is 0 Å². The van der Waals surface area contributed by atoms with Crippen LogP contribution in [0.5, 0.6) is 0 Å². The van der Waals surface area contributed by atoms with Gasteiger partial charge in [0.1, 0.15) is 0 Å². The Hall–Kier alpha value is -0.0800. The quantitative estimate of drug-likeness (QED) is 0.695. The minimum Gasteiger partial charge on any atom is -0.312 e. The largest absolute Gasteiger partial charge is 0.312 e. The predicted molar refractivity (Wildman–Crippen MR) is 55.9 cm³/mol. The first-order valence-electron chi connectivity index (χ1n) is 5.72. The summed E-state index contributed by atoms with van der Waals surface area (Å²) in [7, 11) is 2.27. The summed E-state index contributed by atoms with van der Waals surface area (Å²) in [5.74, 6) is 0. The Balaban J connectivity index is 1.61. The highest BCUT2D eigenvalue weighted by Gasteiger charge is 2.29. The van der Waals surface area contributed by atoms with Gasteiger partial charge in [-0.3, -0.25) is 4.90 Å². The normalized spacial score (nSPS) is 26.1. The molecule has 0 saturated heterocycles. The summed E-state index contributed by atoms with van der Waals surface area (Å²) in [4.78, 5) is 2.53. The topological polar surface area (TPSA) is 15.3 Å². The summed E-state index contributed by atoms with van der Waals surface area (Å²) in [6.45, 7) is 3.52. The van der Waals surface area contributed by atoms with Gasteiger partial charge >= 0.3 is 0 Å². The van der Waals surface area contributed by atoms with Crippen LogP contribution in [0.3, 0.4) is 0 Å². The van der Waals surface area contributed by atoms with Crippen molar-refractivity contribution in [2.45, 2.75) is 57.2 Å². The third-order valence-corrected chi connectivity index (χ3v) is 3.63. The van der Waals surface area contributed by atoms with Crippen molar-refractivity contribution in [1.29, 1.82) is 0 Å². The molecule has 2 saturated carbocycles. The highest BCUT2D eigenvalue weighted by atomic mass is 15.2. The van der Waals surface area contributed by atoms with Crippen LogP contribution >= 0.6 is 0 Å². The molecule has 0 aromatic carbocycles. The molecule has 0 spiro atoms. The zero-order chi connectivity index (χ0) is 9.26. The van der Waals surface area contributed by atoms with E-state index in [1.54, 1.807) is 0 Å². The van der Waals surface area contributed by atoms with Gasteiger partial charge in [-0.1, -0.05) is 6.42 Å². The molecule has 1 atom stereocenters. The maximum Gasteiger partial charge on any atom is 0.0192 e. The van der Waals surface area contributed by atoms with Crippen LogP contribution in [-0.4, -0.2) is 36.6 Å². The Bertz CT molecular complexity index is 161. The summed E-state index contributed by atoms with van der Waals surface area (Å²) in [6, 6.07) is 2.46. The number of hydrogen-bond acceptors (Lipinski definition) is 2. The van der Waals surface area contributed by atoms with E-state index in [0.717, 1.165) is 12.1 Å². The molecule has 1 unspecified atom stereocenters. The second-order valence-electron chi connectivity index (χ2n) is 4.78. The average molecular weight is 182 g/mol. The molecular formula is C11H22N2. The zero-order valence-electron chi connectivity index (χ0n) is 8.92. The summed E-state index contributed by atoms with van der Waals surface area (Å²) >= 11 is 0.